The average molecular weight is 243 g/mol. The van der Waals surface area contributed by atoms with E-state index in [1.165, 1.54) is 12.1 Å². The Kier molecular flexibility index (Phi) is 3.40. The van der Waals surface area contributed by atoms with E-state index >= 15 is 0 Å². The van der Waals surface area contributed by atoms with Crippen LogP contribution in [-0.2, 0) is 16.9 Å². The summed E-state index contributed by atoms with van der Waals surface area (Å²) < 4.78 is 37.0. The van der Waals surface area contributed by atoms with E-state index < -0.39 is 10.5 Å². The summed E-state index contributed by atoms with van der Waals surface area (Å²) in [6, 6.07) is 2.58. The topological polar surface area (TPSA) is 69.4 Å². The highest BCUT2D eigenvalue weighted by molar-refractivity contribution is 7.81. The summed E-state index contributed by atoms with van der Waals surface area (Å²) in [5.74, 6) is 2.20. The number of benzene rings is 1. The normalized spacial score (nSPS) is 10.8. The molecule has 1 aromatic rings. The molecule has 0 aliphatic carbocycles. The smallest absolute Gasteiger partial charge is 0.398 e. The van der Waals surface area contributed by atoms with Crippen molar-refractivity contribution in [2.75, 3.05) is 5.73 Å². The molecule has 0 bridgehead atoms. The van der Waals surface area contributed by atoms with Crippen molar-refractivity contribution in [1.82, 2.24) is 0 Å². The third-order valence-corrected chi connectivity index (χ3v) is 2.41. The molecule has 1 aromatic carbocycles. The molecule has 4 nitrogen and oxygen atoms in total. The van der Waals surface area contributed by atoms with Crippen LogP contribution in [0.3, 0.4) is 0 Å². The van der Waals surface area contributed by atoms with Crippen molar-refractivity contribution in [3.63, 3.8) is 0 Å². The second-order valence-electron chi connectivity index (χ2n) is 3.15. The van der Waals surface area contributed by atoms with Gasteiger partial charge in [-0.1, -0.05) is 3.89 Å². The summed E-state index contributed by atoms with van der Waals surface area (Å²) in [4.78, 5) is 0. The molecule has 6 heteroatoms. The maximum absolute atomic E-state index is 12.3. The summed E-state index contributed by atoms with van der Waals surface area (Å²) >= 11 is 0. The highest BCUT2D eigenvalue weighted by Gasteiger charge is 2.12. The Hall–Kier alpha value is -1.74. The lowest BCUT2D eigenvalue weighted by Crippen LogP contribution is -2.04. The van der Waals surface area contributed by atoms with Crippen LogP contribution >= 0.6 is 0 Å². The quantitative estimate of drug-likeness (QED) is 0.494. The van der Waals surface area contributed by atoms with Crippen LogP contribution in [0.1, 0.15) is 11.1 Å². The first-order valence-corrected chi connectivity index (χ1v) is 5.61. The SMILES string of the molecule is C#CCc1cc(OS(=O)(=O)F)cc(N)c1C. The van der Waals surface area contributed by atoms with Gasteiger partial charge in [0.05, 0.1) is 0 Å². The maximum Gasteiger partial charge on any atom is 0.488 e. The molecule has 0 aliphatic heterocycles. The summed E-state index contributed by atoms with van der Waals surface area (Å²) in [5.41, 5.74) is 7.25. The monoisotopic (exact) mass is 243 g/mol. The van der Waals surface area contributed by atoms with Crippen molar-refractivity contribution in [2.24, 2.45) is 0 Å². The van der Waals surface area contributed by atoms with Crippen LogP contribution in [0.4, 0.5) is 9.57 Å². The molecule has 0 radical (unpaired) electrons. The Morgan fingerprint density at radius 2 is 2.19 bits per heavy atom. The Morgan fingerprint density at radius 1 is 1.56 bits per heavy atom. The minimum atomic E-state index is -5.05. The molecule has 0 spiro atoms. The fourth-order valence-corrected chi connectivity index (χ4v) is 1.55. The van der Waals surface area contributed by atoms with Crippen LogP contribution in [0.15, 0.2) is 12.1 Å². The van der Waals surface area contributed by atoms with Crippen LogP contribution in [0.25, 0.3) is 0 Å². The van der Waals surface area contributed by atoms with Gasteiger partial charge in [-0.25, -0.2) is 0 Å². The third kappa shape index (κ3) is 3.14. The molecule has 0 amide bonds. The maximum atomic E-state index is 12.3. The van der Waals surface area contributed by atoms with Crippen LogP contribution in [0, 0.1) is 19.3 Å². The number of anilines is 1. The van der Waals surface area contributed by atoms with Crippen LogP contribution < -0.4 is 9.92 Å². The molecular weight excluding hydrogens is 233 g/mol. The van der Waals surface area contributed by atoms with Crippen molar-refractivity contribution < 1.29 is 16.5 Å². The van der Waals surface area contributed by atoms with E-state index in [1.807, 2.05) is 0 Å². The number of rotatable bonds is 3. The third-order valence-electron chi connectivity index (χ3n) is 2.02. The Balaban J connectivity index is 3.20. The zero-order valence-electron chi connectivity index (χ0n) is 8.53. The molecule has 1 rings (SSSR count). The molecule has 0 atom stereocenters. The number of halogens is 1. The lowest BCUT2D eigenvalue weighted by molar-refractivity contribution is 0.440. The van der Waals surface area contributed by atoms with Gasteiger partial charge in [0.15, 0.2) is 0 Å². The largest absolute Gasteiger partial charge is 0.488 e. The van der Waals surface area contributed by atoms with Crippen molar-refractivity contribution in [3.8, 4) is 18.1 Å². The summed E-state index contributed by atoms with van der Waals surface area (Å²) in [5, 5.41) is 0. The first-order valence-electron chi connectivity index (χ1n) is 4.30. The Morgan fingerprint density at radius 3 is 2.69 bits per heavy atom. The van der Waals surface area contributed by atoms with Gasteiger partial charge in [-0.2, -0.15) is 8.42 Å². The van der Waals surface area contributed by atoms with Gasteiger partial charge in [0.25, 0.3) is 0 Å². The zero-order chi connectivity index (χ0) is 12.3. The van der Waals surface area contributed by atoms with Gasteiger partial charge in [-0.05, 0) is 24.1 Å². The first kappa shape index (κ1) is 12.3. The van der Waals surface area contributed by atoms with Crippen molar-refractivity contribution in [3.05, 3.63) is 23.3 Å². The minimum absolute atomic E-state index is 0.184. The highest BCUT2D eigenvalue weighted by Crippen LogP contribution is 2.25. The number of terminal acetylenes is 1. The number of nitrogens with two attached hydrogens (primary N) is 1. The molecule has 0 aliphatic rings. The van der Waals surface area contributed by atoms with Crippen LogP contribution in [0.2, 0.25) is 0 Å². The molecule has 0 aromatic heterocycles. The summed E-state index contributed by atoms with van der Waals surface area (Å²) in [6.07, 6.45) is 5.40. The molecule has 0 fully saturated rings. The molecule has 0 heterocycles. The van der Waals surface area contributed by atoms with E-state index in [2.05, 4.69) is 10.1 Å². The van der Waals surface area contributed by atoms with E-state index in [9.17, 15) is 12.3 Å². The van der Waals surface area contributed by atoms with Gasteiger partial charge in [-0.3, -0.25) is 0 Å². The molecule has 0 saturated heterocycles. The zero-order valence-corrected chi connectivity index (χ0v) is 9.34. The Labute approximate surface area is 93.6 Å². The van der Waals surface area contributed by atoms with E-state index in [4.69, 9.17) is 12.2 Å². The summed E-state index contributed by atoms with van der Waals surface area (Å²) in [6.45, 7) is 1.73. The van der Waals surface area contributed by atoms with Crippen LogP contribution in [-0.4, -0.2) is 8.42 Å². The van der Waals surface area contributed by atoms with Crippen LogP contribution in [0.5, 0.6) is 5.75 Å². The van der Waals surface area contributed by atoms with E-state index in [1.54, 1.807) is 6.92 Å². The predicted molar refractivity (Wildman–Crippen MR) is 58.8 cm³/mol. The second-order valence-corrected chi connectivity index (χ2v) is 4.11. The molecule has 16 heavy (non-hydrogen) atoms. The summed E-state index contributed by atoms with van der Waals surface area (Å²) in [7, 11) is -5.05. The molecule has 0 saturated carbocycles. The van der Waals surface area contributed by atoms with E-state index in [-0.39, 0.29) is 12.2 Å². The number of hydrogen-bond donors (Lipinski definition) is 1. The fraction of sp³-hybridized carbons (Fsp3) is 0.200. The lowest BCUT2D eigenvalue weighted by Gasteiger charge is -2.08. The van der Waals surface area contributed by atoms with E-state index in [0.29, 0.717) is 11.3 Å². The van der Waals surface area contributed by atoms with Gasteiger partial charge in [-0.15, -0.1) is 12.3 Å². The average Bonchev–Trinajstić information content (AvgIpc) is 2.11. The van der Waals surface area contributed by atoms with Gasteiger partial charge in [0, 0.05) is 18.2 Å². The molecular formula is C10H10FNO3S. The van der Waals surface area contributed by atoms with Gasteiger partial charge in [0.2, 0.25) is 0 Å². The van der Waals surface area contributed by atoms with Gasteiger partial charge >= 0.3 is 10.5 Å². The Bertz CT molecular complexity index is 546. The fourth-order valence-electron chi connectivity index (χ4n) is 1.23. The first-order chi connectivity index (χ1) is 7.33. The van der Waals surface area contributed by atoms with Gasteiger partial charge in [0.1, 0.15) is 5.75 Å². The second kappa shape index (κ2) is 4.41. The number of hydrogen-bond acceptors (Lipinski definition) is 4. The van der Waals surface area contributed by atoms with Crippen molar-refractivity contribution in [2.45, 2.75) is 13.3 Å². The molecule has 0 unspecified atom stereocenters. The lowest BCUT2D eigenvalue weighted by atomic mass is 10.0. The standard InChI is InChI=1S/C10H10FNO3S/c1-3-4-8-5-9(15-16(11,13)14)6-10(12)7(8)2/h1,5-6H,4,12H2,2H3. The van der Waals surface area contributed by atoms with Crippen molar-refractivity contribution >= 4 is 16.2 Å². The molecule has 2 N–H and O–H groups in total. The predicted octanol–water partition coefficient (Wildman–Crippen LogP) is 1.35. The molecule has 86 valence electrons. The van der Waals surface area contributed by atoms with Crippen molar-refractivity contribution in [1.29, 1.82) is 0 Å². The highest BCUT2D eigenvalue weighted by atomic mass is 32.3. The minimum Gasteiger partial charge on any atom is -0.398 e. The van der Waals surface area contributed by atoms with Gasteiger partial charge < -0.3 is 9.92 Å². The number of nitrogen functional groups attached to an aromatic ring is 1. The van der Waals surface area contributed by atoms with E-state index in [0.717, 1.165) is 5.56 Å².